The van der Waals surface area contributed by atoms with Gasteiger partial charge in [0.15, 0.2) is 5.78 Å². The average molecular weight is 222 g/mol. The second-order valence-electron chi connectivity index (χ2n) is 4.19. The Morgan fingerprint density at radius 2 is 2.06 bits per heavy atom. The molecule has 1 atom stereocenters. The number of Topliss-reactive ketones (excluding diaryl/α,β-unsaturated/α-hetero) is 1. The number of ketones is 1. The van der Waals surface area contributed by atoms with Crippen molar-refractivity contribution in [2.24, 2.45) is 0 Å². The van der Waals surface area contributed by atoms with Crippen molar-refractivity contribution < 1.29 is 14.6 Å². The molecule has 1 unspecified atom stereocenters. The van der Waals surface area contributed by atoms with Crippen molar-refractivity contribution in [2.45, 2.75) is 32.8 Å². The fraction of sp³-hybridized carbons (Fsp3) is 0.462. The Morgan fingerprint density at radius 3 is 2.62 bits per heavy atom. The summed E-state index contributed by atoms with van der Waals surface area (Å²) in [5.41, 5.74) is -0.307. The van der Waals surface area contributed by atoms with Crippen molar-refractivity contribution in [3.8, 4) is 5.75 Å². The average Bonchev–Trinajstić information content (AvgIpc) is 2.27. The van der Waals surface area contributed by atoms with E-state index in [-0.39, 0.29) is 12.4 Å². The Balaban J connectivity index is 2.78. The number of para-hydroxylation sites is 1. The number of rotatable bonds is 5. The monoisotopic (exact) mass is 222 g/mol. The van der Waals surface area contributed by atoms with Crippen molar-refractivity contribution in [1.82, 2.24) is 0 Å². The lowest BCUT2D eigenvalue weighted by Crippen LogP contribution is -2.31. The Bertz CT molecular complexity index is 369. The number of carbonyl (C=O) groups is 1. The topological polar surface area (TPSA) is 46.5 Å². The molecule has 0 aliphatic heterocycles. The van der Waals surface area contributed by atoms with E-state index in [0.29, 0.717) is 17.7 Å². The van der Waals surface area contributed by atoms with Crippen LogP contribution in [-0.4, -0.2) is 23.1 Å². The predicted octanol–water partition coefficient (Wildman–Crippen LogP) is 2.43. The Kier molecular flexibility index (Phi) is 4.07. The minimum atomic E-state index is -0.857. The van der Waals surface area contributed by atoms with Gasteiger partial charge in [0, 0.05) is 0 Å². The van der Waals surface area contributed by atoms with Gasteiger partial charge in [0.1, 0.15) is 12.4 Å². The van der Waals surface area contributed by atoms with Crippen molar-refractivity contribution in [3.63, 3.8) is 0 Å². The molecule has 0 radical (unpaired) electrons. The molecule has 1 aromatic rings. The third-order valence-electron chi connectivity index (χ3n) is 2.57. The number of carbonyl (C=O) groups excluding carboxylic acids is 1. The van der Waals surface area contributed by atoms with Gasteiger partial charge in [-0.15, -0.1) is 0 Å². The summed E-state index contributed by atoms with van der Waals surface area (Å²) in [6.45, 7) is 5.29. The number of hydrogen-bond donors (Lipinski definition) is 1. The fourth-order valence-electron chi connectivity index (χ4n) is 1.22. The van der Waals surface area contributed by atoms with Gasteiger partial charge in [-0.2, -0.15) is 0 Å². The van der Waals surface area contributed by atoms with Crippen LogP contribution in [0.2, 0.25) is 0 Å². The van der Waals surface area contributed by atoms with E-state index in [1.54, 1.807) is 25.1 Å². The van der Waals surface area contributed by atoms with Gasteiger partial charge < -0.3 is 9.84 Å². The van der Waals surface area contributed by atoms with Gasteiger partial charge in [0.25, 0.3) is 0 Å². The summed E-state index contributed by atoms with van der Waals surface area (Å²) in [7, 11) is 0. The second kappa shape index (κ2) is 5.12. The van der Waals surface area contributed by atoms with Crippen molar-refractivity contribution in [3.05, 3.63) is 29.8 Å². The molecule has 16 heavy (non-hydrogen) atoms. The van der Waals surface area contributed by atoms with E-state index in [0.717, 1.165) is 0 Å². The lowest BCUT2D eigenvalue weighted by molar-refractivity contribution is 0.00819. The molecule has 1 N–H and O–H groups in total. The summed E-state index contributed by atoms with van der Waals surface area (Å²) in [5, 5.41) is 9.80. The fourth-order valence-corrected chi connectivity index (χ4v) is 1.22. The molecule has 3 heteroatoms. The molecule has 1 aromatic carbocycles. The number of benzene rings is 1. The zero-order valence-electron chi connectivity index (χ0n) is 9.99. The van der Waals surface area contributed by atoms with Gasteiger partial charge in [-0.3, -0.25) is 4.79 Å². The summed E-state index contributed by atoms with van der Waals surface area (Å²) in [5.74, 6) is 0.496. The molecule has 0 heterocycles. The quantitative estimate of drug-likeness (QED) is 0.778. The normalized spacial score (nSPS) is 14.2. The van der Waals surface area contributed by atoms with E-state index in [2.05, 4.69) is 0 Å². The van der Waals surface area contributed by atoms with Crippen LogP contribution in [0.25, 0.3) is 0 Å². The molecule has 0 spiro atoms. The van der Waals surface area contributed by atoms with Crippen LogP contribution in [0.15, 0.2) is 24.3 Å². The second-order valence-corrected chi connectivity index (χ2v) is 4.19. The zero-order chi connectivity index (χ0) is 12.2. The van der Waals surface area contributed by atoms with Crippen LogP contribution in [-0.2, 0) is 0 Å². The maximum atomic E-state index is 11.3. The summed E-state index contributed by atoms with van der Waals surface area (Å²) < 4.78 is 5.48. The van der Waals surface area contributed by atoms with Gasteiger partial charge in [-0.05, 0) is 32.4 Å². The highest BCUT2D eigenvalue weighted by Gasteiger charge is 2.19. The van der Waals surface area contributed by atoms with Crippen molar-refractivity contribution in [1.29, 1.82) is 0 Å². The lowest BCUT2D eigenvalue weighted by atomic mass is 10.1. The highest BCUT2D eigenvalue weighted by atomic mass is 16.5. The third kappa shape index (κ3) is 3.35. The number of ether oxygens (including phenoxy) is 1. The van der Waals surface area contributed by atoms with Crippen LogP contribution in [0.3, 0.4) is 0 Å². The van der Waals surface area contributed by atoms with Crippen LogP contribution in [0.1, 0.15) is 37.6 Å². The van der Waals surface area contributed by atoms with Crippen LogP contribution in [0.4, 0.5) is 0 Å². The Hall–Kier alpha value is -1.35. The summed E-state index contributed by atoms with van der Waals surface area (Å²) >= 11 is 0. The van der Waals surface area contributed by atoms with Crippen LogP contribution < -0.4 is 4.74 Å². The van der Waals surface area contributed by atoms with Crippen LogP contribution >= 0.6 is 0 Å². The first-order valence-electron chi connectivity index (χ1n) is 5.41. The Morgan fingerprint density at radius 1 is 1.44 bits per heavy atom. The summed E-state index contributed by atoms with van der Waals surface area (Å²) in [6.07, 6.45) is 0.606. The van der Waals surface area contributed by atoms with Crippen molar-refractivity contribution >= 4 is 5.78 Å². The summed E-state index contributed by atoms with van der Waals surface area (Å²) in [6, 6.07) is 7.06. The molecule has 0 bridgehead atoms. The predicted molar refractivity (Wildman–Crippen MR) is 62.9 cm³/mol. The van der Waals surface area contributed by atoms with Crippen LogP contribution in [0.5, 0.6) is 5.75 Å². The van der Waals surface area contributed by atoms with Crippen molar-refractivity contribution in [2.75, 3.05) is 6.61 Å². The largest absolute Gasteiger partial charge is 0.490 e. The summed E-state index contributed by atoms with van der Waals surface area (Å²) in [4.78, 5) is 11.3. The zero-order valence-corrected chi connectivity index (χ0v) is 9.99. The van der Waals surface area contributed by atoms with Gasteiger partial charge in [0.2, 0.25) is 0 Å². The van der Waals surface area contributed by atoms with E-state index < -0.39 is 5.60 Å². The highest BCUT2D eigenvalue weighted by molar-refractivity contribution is 5.96. The van der Waals surface area contributed by atoms with Gasteiger partial charge in [-0.25, -0.2) is 0 Å². The minimum absolute atomic E-state index is 0.0354. The minimum Gasteiger partial charge on any atom is -0.490 e. The maximum Gasteiger partial charge on any atom is 0.163 e. The molecular formula is C13H18O3. The highest BCUT2D eigenvalue weighted by Crippen LogP contribution is 2.20. The van der Waals surface area contributed by atoms with E-state index in [9.17, 15) is 9.90 Å². The standard InChI is InChI=1S/C13H18O3/c1-4-13(3,15)9-16-12-8-6-5-7-11(12)10(2)14/h5-8,15H,4,9H2,1-3H3. The molecule has 3 nitrogen and oxygen atoms in total. The number of hydrogen-bond acceptors (Lipinski definition) is 3. The molecule has 88 valence electrons. The van der Waals surface area contributed by atoms with Crippen LogP contribution in [0, 0.1) is 0 Å². The van der Waals surface area contributed by atoms with Gasteiger partial charge in [-0.1, -0.05) is 19.1 Å². The van der Waals surface area contributed by atoms with Gasteiger partial charge >= 0.3 is 0 Å². The first-order chi connectivity index (χ1) is 7.46. The van der Waals surface area contributed by atoms with E-state index in [1.807, 2.05) is 13.0 Å². The molecule has 0 aromatic heterocycles. The van der Waals surface area contributed by atoms with Gasteiger partial charge in [0.05, 0.1) is 11.2 Å². The maximum absolute atomic E-state index is 11.3. The smallest absolute Gasteiger partial charge is 0.163 e. The molecule has 0 saturated heterocycles. The SMILES string of the molecule is CCC(C)(O)COc1ccccc1C(C)=O. The first-order valence-corrected chi connectivity index (χ1v) is 5.41. The van der Waals surface area contributed by atoms with E-state index in [1.165, 1.54) is 6.92 Å². The molecule has 1 rings (SSSR count). The third-order valence-corrected chi connectivity index (χ3v) is 2.57. The molecule has 0 aliphatic rings. The van der Waals surface area contributed by atoms with E-state index >= 15 is 0 Å². The molecule has 0 fully saturated rings. The lowest BCUT2D eigenvalue weighted by Gasteiger charge is -2.22. The molecule has 0 amide bonds. The first kappa shape index (κ1) is 12.7. The Labute approximate surface area is 96.1 Å². The molecule has 0 saturated carbocycles. The molecular weight excluding hydrogens is 204 g/mol. The number of aliphatic hydroxyl groups is 1. The van der Waals surface area contributed by atoms with E-state index in [4.69, 9.17) is 4.74 Å². The molecule has 0 aliphatic carbocycles.